The second-order valence-corrected chi connectivity index (χ2v) is 11.1. The quantitative estimate of drug-likeness (QED) is 0.350. The van der Waals surface area contributed by atoms with Crippen molar-refractivity contribution in [3.8, 4) is 11.4 Å². The van der Waals surface area contributed by atoms with Crippen LogP contribution in [0.15, 0.2) is 72.8 Å². The van der Waals surface area contributed by atoms with Gasteiger partial charge < -0.3 is 14.5 Å². The molecule has 0 spiro atoms. The maximum atomic E-state index is 13.6. The number of carbonyl (C=O) groups excluding carboxylic acids is 1. The van der Waals surface area contributed by atoms with Crippen LogP contribution in [0.5, 0.6) is 5.75 Å². The van der Waals surface area contributed by atoms with Gasteiger partial charge in [0.2, 0.25) is 5.91 Å². The molecule has 4 aromatic rings. The van der Waals surface area contributed by atoms with E-state index in [9.17, 15) is 4.79 Å². The van der Waals surface area contributed by atoms with Crippen molar-refractivity contribution < 1.29 is 9.53 Å². The number of ether oxygens (including phenoxy) is 1. The molecule has 5 rings (SSSR count). The molecule has 0 bridgehead atoms. The Kier molecular flexibility index (Phi) is 9.41. The summed E-state index contributed by atoms with van der Waals surface area (Å²) in [7, 11) is 2.19. The predicted octanol–water partition coefficient (Wildman–Crippen LogP) is 5.13. The molecule has 0 saturated heterocycles. The number of hydrogen-bond donors (Lipinski definition) is 0. The Balaban J connectivity index is 1.32. The maximum absolute atomic E-state index is 13.6. The number of fused-ring (bicyclic) bond motifs is 1. The lowest BCUT2D eigenvalue weighted by Gasteiger charge is -2.27. The van der Waals surface area contributed by atoms with E-state index in [0.717, 1.165) is 55.2 Å². The second kappa shape index (κ2) is 13.5. The zero-order chi connectivity index (χ0) is 28.6. The van der Waals surface area contributed by atoms with Crippen LogP contribution >= 0.6 is 0 Å². The fraction of sp³-hybridized carbons (Fsp3) is 0.394. The van der Waals surface area contributed by atoms with E-state index < -0.39 is 0 Å². The summed E-state index contributed by atoms with van der Waals surface area (Å²) in [6.45, 7) is 7.54. The number of nitrogens with zero attached hydrogens (tertiary/aromatic N) is 6. The summed E-state index contributed by atoms with van der Waals surface area (Å²) in [6, 6.07) is 25.1. The van der Waals surface area contributed by atoms with Gasteiger partial charge in [-0.15, -0.1) is 5.10 Å². The summed E-state index contributed by atoms with van der Waals surface area (Å²) < 4.78 is 7.97. The van der Waals surface area contributed by atoms with Gasteiger partial charge in [0.05, 0.1) is 18.7 Å². The molecule has 0 fully saturated rings. The van der Waals surface area contributed by atoms with Crippen molar-refractivity contribution in [2.24, 2.45) is 0 Å². The Hall–Kier alpha value is -4.04. The van der Waals surface area contributed by atoms with Crippen molar-refractivity contribution in [3.63, 3.8) is 0 Å². The van der Waals surface area contributed by atoms with Gasteiger partial charge in [0.1, 0.15) is 12.4 Å². The summed E-state index contributed by atoms with van der Waals surface area (Å²) in [6.07, 6.45) is 3.40. The molecule has 41 heavy (non-hydrogen) atoms. The highest BCUT2D eigenvalue weighted by atomic mass is 16.5. The molecule has 3 aromatic carbocycles. The highest BCUT2D eigenvalue weighted by Gasteiger charge is 2.19. The summed E-state index contributed by atoms with van der Waals surface area (Å²) in [5, 5.41) is 11.7. The minimum absolute atomic E-state index is 0.118. The highest BCUT2D eigenvalue weighted by molar-refractivity contribution is 5.78. The molecule has 1 atom stereocenters. The van der Waals surface area contributed by atoms with Gasteiger partial charge in [0.25, 0.3) is 0 Å². The number of carbonyl (C=O) groups is 1. The molecule has 1 amide bonds. The van der Waals surface area contributed by atoms with Crippen LogP contribution in [0.1, 0.15) is 53.3 Å². The van der Waals surface area contributed by atoms with E-state index >= 15 is 0 Å². The largest absolute Gasteiger partial charge is 0.491 e. The van der Waals surface area contributed by atoms with Crippen molar-refractivity contribution >= 4 is 5.91 Å². The lowest BCUT2D eigenvalue weighted by molar-refractivity contribution is -0.131. The minimum Gasteiger partial charge on any atom is -0.491 e. The van der Waals surface area contributed by atoms with Crippen molar-refractivity contribution in [1.82, 2.24) is 30.0 Å². The van der Waals surface area contributed by atoms with Gasteiger partial charge in [-0.2, -0.15) is 4.68 Å². The highest BCUT2D eigenvalue weighted by Crippen LogP contribution is 2.27. The molecular formula is C33H40N6O2. The topological polar surface area (TPSA) is 76.4 Å². The standard InChI is InChI=1S/C33H40N6O2/c1-25-11-16-32-30(22-25)24-37(3)19-17-29(28-8-5-4-6-9-28)10-7-18-38(20-21-41-32)33(40)23-27-12-14-31(15-13-27)39-26(2)34-35-36-39/h4-6,8-9,11-16,22,29H,7,10,17-21,23-24H2,1-3H3. The molecule has 2 heterocycles. The number of hydrogen-bond acceptors (Lipinski definition) is 6. The molecule has 0 aliphatic carbocycles. The van der Waals surface area contributed by atoms with Crippen LogP contribution in [0.3, 0.4) is 0 Å². The third-order valence-corrected chi connectivity index (χ3v) is 7.90. The Bertz CT molecular complexity index is 1420. The third kappa shape index (κ3) is 7.58. The van der Waals surface area contributed by atoms with Crippen molar-refractivity contribution in [2.45, 2.75) is 52.0 Å². The van der Waals surface area contributed by atoms with Crippen LogP contribution in [0.4, 0.5) is 0 Å². The Morgan fingerprint density at radius 3 is 2.51 bits per heavy atom. The third-order valence-electron chi connectivity index (χ3n) is 7.90. The van der Waals surface area contributed by atoms with Gasteiger partial charge in [-0.3, -0.25) is 4.79 Å². The van der Waals surface area contributed by atoms with Crippen LogP contribution < -0.4 is 4.74 Å². The number of amides is 1. The zero-order valence-electron chi connectivity index (χ0n) is 24.4. The molecule has 8 heteroatoms. The Morgan fingerprint density at radius 2 is 1.76 bits per heavy atom. The monoisotopic (exact) mass is 552 g/mol. The molecule has 8 nitrogen and oxygen atoms in total. The lowest BCUT2D eigenvalue weighted by atomic mass is 9.91. The van der Waals surface area contributed by atoms with Gasteiger partial charge in [-0.05, 0) is 92.4 Å². The first-order chi connectivity index (χ1) is 20.0. The lowest BCUT2D eigenvalue weighted by Crippen LogP contribution is -2.37. The first-order valence-electron chi connectivity index (χ1n) is 14.5. The number of tetrazole rings is 1. The summed E-state index contributed by atoms with van der Waals surface area (Å²) in [5.74, 6) is 2.19. The summed E-state index contributed by atoms with van der Waals surface area (Å²) in [4.78, 5) is 18.0. The Morgan fingerprint density at radius 1 is 0.951 bits per heavy atom. The number of aryl methyl sites for hydroxylation is 2. The van der Waals surface area contributed by atoms with Crippen molar-refractivity contribution in [2.75, 3.05) is 33.3 Å². The fourth-order valence-corrected chi connectivity index (χ4v) is 5.59. The van der Waals surface area contributed by atoms with Crippen LogP contribution in [-0.2, 0) is 17.8 Å². The van der Waals surface area contributed by atoms with Gasteiger partial charge in [-0.25, -0.2) is 0 Å². The van der Waals surface area contributed by atoms with E-state index in [1.54, 1.807) is 4.68 Å². The van der Waals surface area contributed by atoms with Gasteiger partial charge in [0, 0.05) is 18.7 Å². The predicted molar refractivity (Wildman–Crippen MR) is 160 cm³/mol. The molecule has 0 radical (unpaired) electrons. The molecule has 0 saturated carbocycles. The zero-order valence-corrected chi connectivity index (χ0v) is 24.4. The first-order valence-corrected chi connectivity index (χ1v) is 14.5. The van der Waals surface area contributed by atoms with E-state index in [2.05, 4.69) is 82.9 Å². The van der Waals surface area contributed by atoms with Gasteiger partial charge in [0.15, 0.2) is 5.82 Å². The molecule has 1 aliphatic rings. The number of benzene rings is 3. The molecular weight excluding hydrogens is 512 g/mol. The van der Waals surface area contributed by atoms with E-state index in [4.69, 9.17) is 4.74 Å². The van der Waals surface area contributed by atoms with Crippen LogP contribution in [-0.4, -0.2) is 69.2 Å². The van der Waals surface area contributed by atoms with Crippen LogP contribution in [0.25, 0.3) is 5.69 Å². The maximum Gasteiger partial charge on any atom is 0.227 e. The van der Waals surface area contributed by atoms with E-state index in [1.165, 1.54) is 16.7 Å². The molecule has 1 unspecified atom stereocenters. The SMILES string of the molecule is Cc1ccc2c(c1)CN(C)CCC(c1ccccc1)CCCN(C(=O)Cc1ccc(-n3nnnc3C)cc1)CCO2. The van der Waals surface area contributed by atoms with Gasteiger partial charge in [-0.1, -0.05) is 60.2 Å². The average molecular weight is 553 g/mol. The van der Waals surface area contributed by atoms with Crippen molar-refractivity contribution in [1.29, 1.82) is 0 Å². The molecule has 1 aliphatic heterocycles. The normalized spacial score (nSPS) is 17.3. The molecule has 1 aromatic heterocycles. The summed E-state index contributed by atoms with van der Waals surface area (Å²) in [5.41, 5.74) is 5.64. The van der Waals surface area contributed by atoms with Crippen LogP contribution in [0.2, 0.25) is 0 Å². The summed E-state index contributed by atoms with van der Waals surface area (Å²) >= 11 is 0. The Labute approximate surface area is 242 Å². The minimum atomic E-state index is 0.118. The number of aromatic nitrogens is 4. The smallest absolute Gasteiger partial charge is 0.227 e. The van der Waals surface area contributed by atoms with Crippen molar-refractivity contribution in [3.05, 3.63) is 101 Å². The average Bonchev–Trinajstić information content (AvgIpc) is 3.41. The van der Waals surface area contributed by atoms with E-state index in [0.29, 0.717) is 32.0 Å². The fourth-order valence-electron chi connectivity index (χ4n) is 5.59. The van der Waals surface area contributed by atoms with E-state index in [-0.39, 0.29) is 5.91 Å². The first kappa shape index (κ1) is 28.5. The molecule has 214 valence electrons. The molecule has 0 N–H and O–H groups in total. The van der Waals surface area contributed by atoms with E-state index in [1.807, 2.05) is 36.1 Å². The number of rotatable bonds is 4. The van der Waals surface area contributed by atoms with Crippen LogP contribution in [0, 0.1) is 13.8 Å². The second-order valence-electron chi connectivity index (χ2n) is 11.1. The van der Waals surface area contributed by atoms with Gasteiger partial charge >= 0.3 is 0 Å².